The minimum atomic E-state index is -4.23. The van der Waals surface area contributed by atoms with Crippen LogP contribution in [-0.4, -0.2) is 13.0 Å². The van der Waals surface area contributed by atoms with Crippen molar-refractivity contribution in [2.45, 2.75) is 50.3 Å². The van der Waals surface area contributed by atoms with E-state index in [0.717, 1.165) is 24.8 Å². The van der Waals surface area contributed by atoms with Gasteiger partial charge in [-0.1, -0.05) is 38.7 Å². The summed E-state index contributed by atoms with van der Waals surface area (Å²) < 4.78 is 36.7. The summed E-state index contributed by atoms with van der Waals surface area (Å²) in [6.07, 6.45) is 6.64. The van der Waals surface area contributed by atoms with E-state index in [-0.39, 0.29) is 40.2 Å². The van der Waals surface area contributed by atoms with Crippen LogP contribution >= 0.6 is 0 Å². The van der Waals surface area contributed by atoms with Crippen LogP contribution in [0.15, 0.2) is 47.4 Å². The number of rotatable bonds is 9. The van der Waals surface area contributed by atoms with Gasteiger partial charge in [-0.3, -0.25) is 4.55 Å². The zero-order valence-electron chi connectivity index (χ0n) is 15.3. The Morgan fingerprint density at radius 1 is 0.962 bits per heavy atom. The first-order valence-electron chi connectivity index (χ1n) is 8.45. The Balaban J connectivity index is 0.00000338. The fourth-order valence-corrected chi connectivity index (χ4v) is 3.06. The predicted molar refractivity (Wildman–Crippen MR) is 94.7 cm³/mol. The van der Waals surface area contributed by atoms with Gasteiger partial charge >= 0.3 is 29.6 Å². The molecule has 0 heterocycles. The van der Waals surface area contributed by atoms with Gasteiger partial charge in [-0.05, 0) is 54.8 Å². The van der Waals surface area contributed by atoms with Gasteiger partial charge < -0.3 is 9.84 Å². The van der Waals surface area contributed by atoms with Gasteiger partial charge in [-0.15, -0.1) is 5.75 Å². The van der Waals surface area contributed by atoms with Crippen LogP contribution in [0.25, 0.3) is 0 Å². The van der Waals surface area contributed by atoms with Crippen molar-refractivity contribution in [2.24, 2.45) is 0 Å². The number of ether oxygens (including phenoxy) is 1. The molecule has 2 aromatic carbocycles. The van der Waals surface area contributed by atoms with Gasteiger partial charge in [0.15, 0.2) is 0 Å². The third-order valence-electron chi connectivity index (χ3n) is 3.87. The summed E-state index contributed by atoms with van der Waals surface area (Å²) in [6.45, 7) is 2.17. The molecule has 0 spiro atoms. The van der Waals surface area contributed by atoms with Crippen molar-refractivity contribution in [1.29, 1.82) is 0 Å². The monoisotopic (exact) mass is 386 g/mol. The Hall–Kier alpha value is -1.05. The van der Waals surface area contributed by atoms with Crippen molar-refractivity contribution in [3.05, 3.63) is 48.0 Å². The summed E-state index contributed by atoms with van der Waals surface area (Å²) >= 11 is 0. The van der Waals surface area contributed by atoms with Crippen molar-refractivity contribution in [2.75, 3.05) is 0 Å². The van der Waals surface area contributed by atoms with E-state index in [2.05, 4.69) is 6.92 Å². The Bertz CT molecular complexity index is 788. The second-order valence-electron chi connectivity index (χ2n) is 6.03. The number of aryl methyl sites for hydroxylation is 1. The first-order chi connectivity index (χ1) is 11.9. The van der Waals surface area contributed by atoms with E-state index in [1.54, 1.807) is 6.07 Å². The van der Waals surface area contributed by atoms with Crippen LogP contribution in [0, 0.1) is 0 Å². The quantitative estimate of drug-likeness (QED) is 0.399. The molecule has 0 aromatic heterocycles. The maximum atomic E-state index is 11.8. The molecule has 0 unspecified atom stereocenters. The smallest absolute Gasteiger partial charge is 0.872 e. The van der Waals surface area contributed by atoms with Crippen molar-refractivity contribution in [1.82, 2.24) is 0 Å². The van der Waals surface area contributed by atoms with Crippen molar-refractivity contribution < 1.29 is 52.4 Å². The van der Waals surface area contributed by atoms with E-state index in [9.17, 15) is 13.5 Å². The first kappa shape index (κ1) is 23.0. The molecule has 0 fully saturated rings. The maximum absolute atomic E-state index is 11.8. The number of hydrogen-bond acceptors (Lipinski definition) is 4. The van der Waals surface area contributed by atoms with Gasteiger partial charge in [-0.2, -0.15) is 8.42 Å². The van der Waals surface area contributed by atoms with Gasteiger partial charge in [0.2, 0.25) is 0 Å². The molecular formula is C19H23NaO5S. The fourth-order valence-electron chi connectivity index (χ4n) is 2.58. The third kappa shape index (κ3) is 7.68. The van der Waals surface area contributed by atoms with Gasteiger partial charge in [0.25, 0.3) is 10.1 Å². The molecular weight excluding hydrogens is 363 g/mol. The molecule has 2 aromatic rings. The zero-order valence-corrected chi connectivity index (χ0v) is 18.1. The van der Waals surface area contributed by atoms with Gasteiger partial charge in [-0.25, -0.2) is 0 Å². The van der Waals surface area contributed by atoms with Crippen LogP contribution < -0.4 is 39.4 Å². The van der Waals surface area contributed by atoms with Gasteiger partial charge in [0, 0.05) is 0 Å². The number of benzene rings is 2. The molecule has 5 nitrogen and oxygen atoms in total. The molecule has 1 N–H and O–H groups in total. The van der Waals surface area contributed by atoms with Crippen LogP contribution in [0.3, 0.4) is 0 Å². The molecule has 7 heteroatoms. The summed E-state index contributed by atoms with van der Waals surface area (Å²) in [7, 11) is -4.23. The van der Waals surface area contributed by atoms with Gasteiger partial charge in [0.05, 0.1) is 4.90 Å². The van der Waals surface area contributed by atoms with Crippen molar-refractivity contribution in [3.63, 3.8) is 0 Å². The molecule has 0 atom stereocenters. The van der Waals surface area contributed by atoms with E-state index >= 15 is 0 Å². The average Bonchev–Trinajstić information content (AvgIpc) is 2.54. The first-order valence-corrected chi connectivity index (χ1v) is 9.89. The van der Waals surface area contributed by atoms with Crippen molar-refractivity contribution >= 4 is 10.1 Å². The van der Waals surface area contributed by atoms with Crippen LogP contribution in [-0.2, 0) is 16.5 Å². The normalized spacial score (nSPS) is 11.0. The minimum Gasteiger partial charge on any atom is -0.872 e. The Morgan fingerprint density at radius 3 is 2.23 bits per heavy atom. The number of hydrogen-bond donors (Lipinski definition) is 1. The largest absolute Gasteiger partial charge is 1.00 e. The fraction of sp³-hybridized carbons (Fsp3) is 0.368. The summed E-state index contributed by atoms with van der Waals surface area (Å²) in [5, 5.41) is 11.8. The molecule has 26 heavy (non-hydrogen) atoms. The molecule has 136 valence electrons. The third-order valence-corrected chi connectivity index (χ3v) is 4.73. The second-order valence-corrected chi connectivity index (χ2v) is 7.45. The Labute approximate surface area is 177 Å². The van der Waals surface area contributed by atoms with E-state index in [1.165, 1.54) is 49.6 Å². The summed E-state index contributed by atoms with van der Waals surface area (Å²) in [5.41, 5.74) is 0.938. The Morgan fingerprint density at radius 2 is 1.62 bits per heavy atom. The molecule has 0 aliphatic heterocycles. The molecule has 0 aliphatic rings. The minimum absolute atomic E-state index is 0. The van der Waals surface area contributed by atoms with E-state index in [4.69, 9.17) is 9.29 Å². The molecule has 0 aliphatic carbocycles. The average molecular weight is 386 g/mol. The van der Waals surface area contributed by atoms with Crippen LogP contribution in [0.2, 0.25) is 0 Å². The summed E-state index contributed by atoms with van der Waals surface area (Å²) in [4.78, 5) is -0.204. The maximum Gasteiger partial charge on any atom is 1.00 e. The van der Waals surface area contributed by atoms with E-state index in [0.29, 0.717) is 11.5 Å². The molecule has 0 saturated carbocycles. The summed E-state index contributed by atoms with van der Waals surface area (Å²) in [5.74, 6) is 0.707. The molecule has 0 radical (unpaired) electrons. The van der Waals surface area contributed by atoms with Gasteiger partial charge in [0.1, 0.15) is 11.5 Å². The number of unbranched alkanes of at least 4 members (excludes halogenated alkanes) is 4. The molecule has 0 amide bonds. The SMILES string of the molecule is CCCCCCCc1cc([O-])cc(Oc2ccc(S(=O)(=O)O)cc2)c1.[Na+]. The van der Waals surface area contributed by atoms with Crippen LogP contribution in [0.5, 0.6) is 17.2 Å². The molecule has 0 saturated heterocycles. The molecule has 2 rings (SSSR count). The van der Waals surface area contributed by atoms with Crippen LogP contribution in [0.1, 0.15) is 44.6 Å². The predicted octanol–water partition coefficient (Wildman–Crippen LogP) is 1.32. The van der Waals surface area contributed by atoms with Crippen LogP contribution in [0.4, 0.5) is 0 Å². The molecule has 0 bridgehead atoms. The van der Waals surface area contributed by atoms with E-state index < -0.39 is 10.1 Å². The Kier molecular flexibility index (Phi) is 9.68. The second kappa shape index (κ2) is 10.9. The standard InChI is InChI=1S/C19H24O5S.Na/c1-2-3-4-5-6-7-15-12-16(20)14-18(13-15)24-17-8-10-19(11-9-17)25(21,22)23;/h8-14,20H,2-7H2,1H3,(H,21,22,23);/q;+1/p-1. The zero-order chi connectivity index (χ0) is 18.3. The van der Waals surface area contributed by atoms with Crippen molar-refractivity contribution in [3.8, 4) is 17.2 Å². The topological polar surface area (TPSA) is 86.7 Å². The summed E-state index contributed by atoms with van der Waals surface area (Å²) in [6, 6.07) is 10.2. The van der Waals surface area contributed by atoms with E-state index in [1.807, 2.05) is 6.07 Å².